The van der Waals surface area contributed by atoms with Crippen LogP contribution >= 0.6 is 0 Å². The van der Waals surface area contributed by atoms with Crippen LogP contribution < -0.4 is 10.6 Å². The molecule has 1 aliphatic carbocycles. The van der Waals surface area contributed by atoms with E-state index in [0.29, 0.717) is 6.04 Å². The number of rotatable bonds is 2. The maximum Gasteiger partial charge on any atom is 0.172 e. The summed E-state index contributed by atoms with van der Waals surface area (Å²) in [5.41, 5.74) is 9.00. The lowest BCUT2D eigenvalue weighted by Crippen LogP contribution is -2.43. The molecule has 1 aromatic carbocycles. The largest absolute Gasteiger partial charge is 0.409 e. The molecule has 3 N–H and O–H groups in total. The van der Waals surface area contributed by atoms with Crippen molar-refractivity contribution < 1.29 is 5.21 Å². The van der Waals surface area contributed by atoms with Gasteiger partial charge in [0, 0.05) is 23.8 Å². The predicted octanol–water partition coefficient (Wildman–Crippen LogP) is 2.86. The smallest absolute Gasteiger partial charge is 0.172 e. The Bertz CT molecular complexity index is 526. The number of nitrogens with two attached hydrogens (primary N) is 1. The van der Waals surface area contributed by atoms with Crippen molar-refractivity contribution >= 4 is 11.5 Å². The van der Waals surface area contributed by atoms with Gasteiger partial charge in [0.15, 0.2) is 5.84 Å². The lowest BCUT2D eigenvalue weighted by Gasteiger charge is -2.40. The zero-order chi connectivity index (χ0) is 14.1. The second-order valence-electron chi connectivity index (χ2n) is 6.10. The van der Waals surface area contributed by atoms with Gasteiger partial charge in [0.05, 0.1) is 0 Å². The van der Waals surface area contributed by atoms with Gasteiger partial charge in [0.1, 0.15) is 0 Å². The molecule has 1 aliphatic heterocycles. The van der Waals surface area contributed by atoms with Crippen LogP contribution in [0.15, 0.2) is 23.4 Å². The lowest BCUT2D eigenvalue weighted by molar-refractivity contribution is 0.318. The fourth-order valence-electron chi connectivity index (χ4n) is 3.91. The number of benzene rings is 1. The van der Waals surface area contributed by atoms with Crippen molar-refractivity contribution in [2.75, 3.05) is 11.4 Å². The van der Waals surface area contributed by atoms with E-state index in [1.54, 1.807) is 0 Å². The van der Waals surface area contributed by atoms with E-state index < -0.39 is 0 Å². The Hall–Kier alpha value is -1.71. The number of hydrogen-bond donors (Lipinski definition) is 2. The van der Waals surface area contributed by atoms with E-state index in [9.17, 15) is 0 Å². The van der Waals surface area contributed by atoms with Crippen molar-refractivity contribution in [3.8, 4) is 0 Å². The van der Waals surface area contributed by atoms with E-state index in [-0.39, 0.29) is 5.84 Å². The Labute approximate surface area is 120 Å². The highest BCUT2D eigenvalue weighted by Crippen LogP contribution is 2.40. The molecular formula is C16H23N3O. The van der Waals surface area contributed by atoms with E-state index in [2.05, 4.69) is 22.2 Å². The highest BCUT2D eigenvalue weighted by atomic mass is 16.4. The summed E-state index contributed by atoms with van der Waals surface area (Å²) in [7, 11) is 0. The number of hydrogen-bond acceptors (Lipinski definition) is 3. The Kier molecular flexibility index (Phi) is 3.55. The van der Waals surface area contributed by atoms with Crippen LogP contribution in [-0.2, 0) is 0 Å². The van der Waals surface area contributed by atoms with Crippen LogP contribution in [0, 0.1) is 12.8 Å². The molecule has 20 heavy (non-hydrogen) atoms. The quantitative estimate of drug-likeness (QED) is 0.377. The normalized spacial score (nSPS) is 26.6. The number of aryl methyl sites for hydroxylation is 1. The van der Waals surface area contributed by atoms with Crippen LogP contribution in [-0.4, -0.2) is 23.6 Å². The Morgan fingerprint density at radius 2 is 2.10 bits per heavy atom. The fourth-order valence-corrected chi connectivity index (χ4v) is 3.91. The molecule has 2 atom stereocenters. The number of anilines is 1. The second-order valence-corrected chi connectivity index (χ2v) is 6.10. The number of oxime groups is 1. The zero-order valence-electron chi connectivity index (χ0n) is 12.0. The van der Waals surface area contributed by atoms with Gasteiger partial charge < -0.3 is 15.8 Å². The molecule has 108 valence electrons. The molecule has 1 saturated heterocycles. The van der Waals surface area contributed by atoms with Gasteiger partial charge in [0.2, 0.25) is 0 Å². The molecular weight excluding hydrogens is 250 g/mol. The van der Waals surface area contributed by atoms with Gasteiger partial charge in [-0.15, -0.1) is 0 Å². The minimum atomic E-state index is 0.212. The molecule has 0 aromatic heterocycles. The third kappa shape index (κ3) is 2.23. The summed E-state index contributed by atoms with van der Waals surface area (Å²) in [6.07, 6.45) is 6.55. The van der Waals surface area contributed by atoms with Crippen LogP contribution in [0.25, 0.3) is 0 Å². The summed E-state index contributed by atoms with van der Waals surface area (Å²) in [4.78, 5) is 2.49. The minimum Gasteiger partial charge on any atom is -0.409 e. The van der Waals surface area contributed by atoms with Crippen LogP contribution in [0.1, 0.15) is 43.2 Å². The maximum atomic E-state index is 9.03. The highest BCUT2D eigenvalue weighted by Gasteiger charge is 2.35. The molecule has 0 amide bonds. The first kappa shape index (κ1) is 13.3. The molecule has 2 aliphatic rings. The molecule has 4 nitrogen and oxygen atoms in total. The van der Waals surface area contributed by atoms with E-state index in [1.165, 1.54) is 32.1 Å². The van der Waals surface area contributed by atoms with Crippen molar-refractivity contribution in [1.82, 2.24) is 0 Å². The van der Waals surface area contributed by atoms with E-state index >= 15 is 0 Å². The van der Waals surface area contributed by atoms with Crippen molar-refractivity contribution in [2.24, 2.45) is 16.8 Å². The Morgan fingerprint density at radius 3 is 2.90 bits per heavy atom. The number of nitrogens with zero attached hydrogens (tertiary/aromatic N) is 2. The summed E-state index contributed by atoms with van der Waals surface area (Å²) >= 11 is 0. The molecule has 0 radical (unpaired) electrons. The first-order valence-corrected chi connectivity index (χ1v) is 7.56. The first-order valence-electron chi connectivity index (χ1n) is 7.56. The second kappa shape index (κ2) is 5.35. The van der Waals surface area contributed by atoms with E-state index in [4.69, 9.17) is 10.9 Å². The number of fused-ring (bicyclic) bond motifs is 1. The summed E-state index contributed by atoms with van der Waals surface area (Å²) in [6.45, 7) is 3.11. The first-order chi connectivity index (χ1) is 9.70. The monoisotopic (exact) mass is 273 g/mol. The van der Waals surface area contributed by atoms with Gasteiger partial charge in [-0.2, -0.15) is 0 Å². The summed E-state index contributed by atoms with van der Waals surface area (Å²) in [5.74, 6) is 1.04. The Balaban J connectivity index is 2.00. The SMILES string of the molecule is Cc1ccc(N2CCCC3CCCC32)c(/C(N)=N/O)c1. The standard InChI is InChI=1S/C16H23N3O/c1-11-7-8-15(13(10-11)16(17)18-20)19-9-3-5-12-4-2-6-14(12)19/h7-8,10,12,14,20H,2-6,9H2,1H3,(H2,17,18). The summed E-state index contributed by atoms with van der Waals surface area (Å²) in [6, 6.07) is 6.89. The average molecular weight is 273 g/mol. The third-order valence-electron chi connectivity index (χ3n) is 4.84. The molecule has 1 saturated carbocycles. The lowest BCUT2D eigenvalue weighted by atomic mass is 9.90. The van der Waals surface area contributed by atoms with Crippen LogP contribution in [0.4, 0.5) is 5.69 Å². The van der Waals surface area contributed by atoms with Crippen molar-refractivity contribution in [3.05, 3.63) is 29.3 Å². The Morgan fingerprint density at radius 1 is 1.30 bits per heavy atom. The van der Waals surface area contributed by atoms with E-state index in [1.807, 2.05) is 13.0 Å². The molecule has 1 aromatic rings. The van der Waals surface area contributed by atoms with Crippen LogP contribution in [0.2, 0.25) is 0 Å². The molecule has 4 heteroatoms. The maximum absolute atomic E-state index is 9.03. The van der Waals surface area contributed by atoms with Gasteiger partial charge in [-0.3, -0.25) is 0 Å². The summed E-state index contributed by atoms with van der Waals surface area (Å²) < 4.78 is 0. The number of amidine groups is 1. The van der Waals surface area contributed by atoms with Crippen molar-refractivity contribution in [3.63, 3.8) is 0 Å². The fraction of sp³-hybridized carbons (Fsp3) is 0.562. The predicted molar refractivity (Wildman–Crippen MR) is 81.4 cm³/mol. The third-order valence-corrected chi connectivity index (χ3v) is 4.84. The van der Waals surface area contributed by atoms with Crippen molar-refractivity contribution in [1.29, 1.82) is 0 Å². The zero-order valence-corrected chi connectivity index (χ0v) is 12.0. The van der Waals surface area contributed by atoms with Gasteiger partial charge in [-0.1, -0.05) is 23.2 Å². The van der Waals surface area contributed by atoms with Crippen LogP contribution in [0.3, 0.4) is 0 Å². The number of piperidine rings is 1. The van der Waals surface area contributed by atoms with Gasteiger partial charge in [-0.25, -0.2) is 0 Å². The van der Waals surface area contributed by atoms with Crippen molar-refractivity contribution in [2.45, 2.75) is 45.1 Å². The molecule has 2 fully saturated rings. The topological polar surface area (TPSA) is 61.8 Å². The molecule has 3 rings (SSSR count). The molecule has 2 unspecified atom stereocenters. The highest BCUT2D eigenvalue weighted by molar-refractivity contribution is 6.02. The average Bonchev–Trinajstić information content (AvgIpc) is 2.95. The van der Waals surface area contributed by atoms with Gasteiger partial charge >= 0.3 is 0 Å². The molecule has 0 bridgehead atoms. The molecule has 1 heterocycles. The van der Waals surface area contributed by atoms with E-state index in [0.717, 1.165) is 29.3 Å². The molecule has 0 spiro atoms. The van der Waals surface area contributed by atoms with Gasteiger partial charge in [0.25, 0.3) is 0 Å². The van der Waals surface area contributed by atoms with Crippen LogP contribution in [0.5, 0.6) is 0 Å². The summed E-state index contributed by atoms with van der Waals surface area (Å²) in [5, 5.41) is 12.2. The minimum absolute atomic E-state index is 0.212. The van der Waals surface area contributed by atoms with Gasteiger partial charge in [-0.05, 0) is 50.7 Å².